The highest BCUT2D eigenvalue weighted by molar-refractivity contribution is 5.74. The van der Waals surface area contributed by atoms with Crippen molar-refractivity contribution in [2.45, 2.75) is 57.3 Å². The molecular formula is C17H28N2O5. The summed E-state index contributed by atoms with van der Waals surface area (Å²) in [5.74, 6) is -1.12. The first kappa shape index (κ1) is 17.5. The van der Waals surface area contributed by atoms with E-state index < -0.39 is 11.8 Å². The van der Waals surface area contributed by atoms with Gasteiger partial charge in [0.15, 0.2) is 5.79 Å². The van der Waals surface area contributed by atoms with Gasteiger partial charge in [0.2, 0.25) is 0 Å². The number of piperidine rings is 1. The minimum atomic E-state index is -0.716. The molecule has 0 aromatic rings. The number of likely N-dealkylation sites (tertiary alicyclic amines) is 1. The molecular weight excluding hydrogens is 312 g/mol. The Hall–Kier alpha value is -1.34. The van der Waals surface area contributed by atoms with Gasteiger partial charge in [0, 0.05) is 25.0 Å². The molecule has 2 saturated heterocycles. The molecule has 3 fully saturated rings. The predicted molar refractivity (Wildman–Crippen MR) is 86.5 cm³/mol. The lowest BCUT2D eigenvalue weighted by molar-refractivity contribution is -0.189. The third-order valence-corrected chi connectivity index (χ3v) is 5.79. The van der Waals surface area contributed by atoms with Crippen LogP contribution in [0.2, 0.25) is 0 Å². The molecule has 0 atom stereocenters. The van der Waals surface area contributed by atoms with E-state index in [-0.39, 0.29) is 18.0 Å². The van der Waals surface area contributed by atoms with E-state index in [1.54, 1.807) is 0 Å². The number of nitrogens with zero attached hydrogens (tertiary/aromatic N) is 1. The second kappa shape index (κ2) is 7.27. The Bertz CT molecular complexity index is 462. The molecule has 136 valence electrons. The minimum absolute atomic E-state index is 0.0226. The Balaban J connectivity index is 1.42. The van der Waals surface area contributed by atoms with Crippen LogP contribution in [-0.2, 0) is 14.3 Å². The molecule has 1 saturated carbocycles. The summed E-state index contributed by atoms with van der Waals surface area (Å²) >= 11 is 0. The van der Waals surface area contributed by atoms with Gasteiger partial charge in [-0.2, -0.15) is 0 Å². The van der Waals surface area contributed by atoms with E-state index in [4.69, 9.17) is 14.6 Å². The summed E-state index contributed by atoms with van der Waals surface area (Å²) in [4.78, 5) is 25.3. The Morgan fingerprint density at radius 3 is 2.17 bits per heavy atom. The van der Waals surface area contributed by atoms with Crippen LogP contribution >= 0.6 is 0 Å². The normalized spacial score (nSPS) is 31.0. The first-order valence-electron chi connectivity index (χ1n) is 9.04. The SMILES string of the molecule is CC1(C2CCN(C(=O)NC3CCC(C(=O)O)CC3)CC2)OCCO1. The number of aliphatic carboxylic acids is 1. The average molecular weight is 340 g/mol. The lowest BCUT2D eigenvalue weighted by Gasteiger charge is -2.39. The number of ether oxygens (including phenoxy) is 2. The fraction of sp³-hybridized carbons (Fsp3) is 0.882. The maximum Gasteiger partial charge on any atom is 0.317 e. The van der Waals surface area contributed by atoms with Gasteiger partial charge in [-0.05, 0) is 45.4 Å². The third kappa shape index (κ3) is 3.83. The zero-order valence-electron chi connectivity index (χ0n) is 14.3. The lowest BCUT2D eigenvalue weighted by atomic mass is 9.86. The van der Waals surface area contributed by atoms with Gasteiger partial charge in [0.25, 0.3) is 0 Å². The van der Waals surface area contributed by atoms with E-state index >= 15 is 0 Å². The van der Waals surface area contributed by atoms with E-state index in [9.17, 15) is 9.59 Å². The third-order valence-electron chi connectivity index (χ3n) is 5.79. The van der Waals surface area contributed by atoms with E-state index in [0.717, 1.165) is 25.7 Å². The summed E-state index contributed by atoms with van der Waals surface area (Å²) in [6.45, 7) is 4.72. The summed E-state index contributed by atoms with van der Waals surface area (Å²) in [5.41, 5.74) is 0. The maximum atomic E-state index is 12.4. The van der Waals surface area contributed by atoms with Gasteiger partial charge in [0.05, 0.1) is 19.1 Å². The van der Waals surface area contributed by atoms with Crippen LogP contribution in [0.5, 0.6) is 0 Å². The van der Waals surface area contributed by atoms with Crippen LogP contribution in [0.25, 0.3) is 0 Å². The number of hydrogen-bond donors (Lipinski definition) is 2. The summed E-state index contributed by atoms with van der Waals surface area (Å²) in [6, 6.07) is 0.0791. The largest absolute Gasteiger partial charge is 0.481 e. The van der Waals surface area contributed by atoms with Gasteiger partial charge in [0.1, 0.15) is 0 Å². The fourth-order valence-electron chi connectivity index (χ4n) is 4.12. The van der Waals surface area contributed by atoms with Crippen molar-refractivity contribution in [3.63, 3.8) is 0 Å². The highest BCUT2D eigenvalue weighted by atomic mass is 16.7. The molecule has 2 aliphatic heterocycles. The highest BCUT2D eigenvalue weighted by Gasteiger charge is 2.42. The Morgan fingerprint density at radius 1 is 1.04 bits per heavy atom. The van der Waals surface area contributed by atoms with Crippen LogP contribution < -0.4 is 5.32 Å². The molecule has 0 radical (unpaired) electrons. The highest BCUT2D eigenvalue weighted by Crippen LogP contribution is 2.35. The molecule has 2 amide bonds. The van der Waals surface area contributed by atoms with Crippen LogP contribution in [0, 0.1) is 11.8 Å². The number of nitrogens with one attached hydrogen (secondary N) is 1. The smallest absolute Gasteiger partial charge is 0.317 e. The summed E-state index contributed by atoms with van der Waals surface area (Å²) in [5, 5.41) is 12.1. The maximum absolute atomic E-state index is 12.4. The Morgan fingerprint density at radius 2 is 1.62 bits per heavy atom. The molecule has 7 nitrogen and oxygen atoms in total. The number of carbonyl (C=O) groups is 2. The molecule has 2 N–H and O–H groups in total. The van der Waals surface area contributed by atoms with Crippen molar-refractivity contribution in [3.05, 3.63) is 0 Å². The fourth-order valence-corrected chi connectivity index (χ4v) is 4.12. The molecule has 0 aromatic carbocycles. The number of carboxylic acids is 1. The second-order valence-corrected chi connectivity index (χ2v) is 7.31. The lowest BCUT2D eigenvalue weighted by Crippen LogP contribution is -2.51. The number of carbonyl (C=O) groups excluding carboxylic acids is 1. The topological polar surface area (TPSA) is 88.1 Å². The molecule has 0 unspecified atom stereocenters. The minimum Gasteiger partial charge on any atom is -0.481 e. The van der Waals surface area contributed by atoms with E-state index in [2.05, 4.69) is 5.32 Å². The van der Waals surface area contributed by atoms with Gasteiger partial charge in [-0.1, -0.05) is 0 Å². The van der Waals surface area contributed by atoms with Gasteiger partial charge in [-0.15, -0.1) is 0 Å². The number of rotatable bonds is 3. The average Bonchev–Trinajstić information content (AvgIpc) is 3.03. The van der Waals surface area contributed by atoms with Crippen molar-refractivity contribution < 1.29 is 24.2 Å². The molecule has 7 heteroatoms. The van der Waals surface area contributed by atoms with Crippen molar-refractivity contribution >= 4 is 12.0 Å². The van der Waals surface area contributed by atoms with Gasteiger partial charge < -0.3 is 24.8 Å². The standard InChI is InChI=1S/C17H28N2O5/c1-17(23-10-11-24-17)13-6-8-19(9-7-13)16(22)18-14-4-2-12(3-5-14)15(20)21/h12-14H,2-11H2,1H3,(H,18,22)(H,20,21). The van der Waals surface area contributed by atoms with Crippen molar-refractivity contribution in [1.82, 2.24) is 10.2 Å². The van der Waals surface area contributed by atoms with E-state index in [1.165, 1.54) is 0 Å². The van der Waals surface area contributed by atoms with Crippen molar-refractivity contribution in [3.8, 4) is 0 Å². The molecule has 0 spiro atoms. The second-order valence-electron chi connectivity index (χ2n) is 7.31. The monoisotopic (exact) mass is 340 g/mol. The number of amides is 2. The summed E-state index contributed by atoms with van der Waals surface area (Å²) in [6.07, 6.45) is 4.56. The van der Waals surface area contributed by atoms with Crippen LogP contribution in [0.4, 0.5) is 4.79 Å². The molecule has 3 aliphatic rings. The molecule has 3 rings (SSSR count). The zero-order chi connectivity index (χ0) is 17.2. The van der Waals surface area contributed by atoms with Gasteiger partial charge in [-0.3, -0.25) is 4.79 Å². The van der Waals surface area contributed by atoms with Crippen molar-refractivity contribution in [2.75, 3.05) is 26.3 Å². The summed E-state index contributed by atoms with van der Waals surface area (Å²) in [7, 11) is 0. The summed E-state index contributed by atoms with van der Waals surface area (Å²) < 4.78 is 11.5. The van der Waals surface area contributed by atoms with Crippen molar-refractivity contribution in [2.24, 2.45) is 11.8 Å². The van der Waals surface area contributed by atoms with Crippen LogP contribution in [-0.4, -0.2) is 60.1 Å². The van der Waals surface area contributed by atoms with Crippen LogP contribution in [0.1, 0.15) is 45.4 Å². The molecule has 0 bridgehead atoms. The van der Waals surface area contributed by atoms with Gasteiger partial charge >= 0.3 is 12.0 Å². The molecule has 2 heterocycles. The van der Waals surface area contributed by atoms with Crippen LogP contribution in [0.15, 0.2) is 0 Å². The quantitative estimate of drug-likeness (QED) is 0.818. The molecule has 1 aliphatic carbocycles. The van der Waals surface area contributed by atoms with Gasteiger partial charge in [-0.25, -0.2) is 4.79 Å². The predicted octanol–water partition coefficient (Wildman–Crippen LogP) is 1.81. The first-order valence-corrected chi connectivity index (χ1v) is 9.04. The Kier molecular flexibility index (Phi) is 5.30. The van der Waals surface area contributed by atoms with Crippen molar-refractivity contribution in [1.29, 1.82) is 0 Å². The molecule has 24 heavy (non-hydrogen) atoms. The zero-order valence-corrected chi connectivity index (χ0v) is 14.3. The number of urea groups is 1. The van der Waals surface area contributed by atoms with Crippen LogP contribution in [0.3, 0.4) is 0 Å². The van der Waals surface area contributed by atoms with E-state index in [1.807, 2.05) is 11.8 Å². The first-order chi connectivity index (χ1) is 11.5. The number of hydrogen-bond acceptors (Lipinski definition) is 4. The molecule has 0 aromatic heterocycles. The number of carboxylic acid groups (broad SMARTS) is 1. The Labute approximate surface area is 142 Å². The van der Waals surface area contributed by atoms with E-state index in [0.29, 0.717) is 45.1 Å².